The zero-order valence-corrected chi connectivity index (χ0v) is 13.4. The zero-order valence-electron chi connectivity index (χ0n) is 13.4. The van der Waals surface area contributed by atoms with Crippen molar-refractivity contribution in [3.63, 3.8) is 0 Å². The van der Waals surface area contributed by atoms with Gasteiger partial charge < -0.3 is 23.0 Å². The SMILES string of the molecule is Cc1c2cc(COCCOCCOCCN=[N+]=[N-])occ-2oc1=O. The fourth-order valence-corrected chi connectivity index (χ4v) is 1.96. The van der Waals surface area contributed by atoms with E-state index in [0.717, 1.165) is 5.56 Å². The molecule has 2 aliphatic rings. The van der Waals surface area contributed by atoms with Crippen LogP contribution in [0, 0.1) is 6.92 Å². The third kappa shape index (κ3) is 5.39. The Kier molecular flexibility index (Phi) is 7.31. The van der Waals surface area contributed by atoms with Crippen LogP contribution in [0.25, 0.3) is 21.8 Å². The maximum Gasteiger partial charge on any atom is 0.339 e. The third-order valence-corrected chi connectivity index (χ3v) is 3.19. The summed E-state index contributed by atoms with van der Waals surface area (Å²) in [6, 6.07) is 1.74. The average Bonchev–Trinajstić information content (AvgIpc) is 2.87. The van der Waals surface area contributed by atoms with Gasteiger partial charge in [0.2, 0.25) is 0 Å². The molecule has 2 heterocycles. The van der Waals surface area contributed by atoms with Crippen LogP contribution in [0.5, 0.6) is 0 Å². The molecule has 9 heteroatoms. The summed E-state index contributed by atoms with van der Waals surface area (Å²) in [5.74, 6) is 1.04. The van der Waals surface area contributed by atoms with E-state index in [1.54, 1.807) is 13.0 Å². The summed E-state index contributed by atoms with van der Waals surface area (Å²) in [6.07, 6.45) is 1.41. The van der Waals surface area contributed by atoms with Gasteiger partial charge in [-0.1, -0.05) is 5.11 Å². The van der Waals surface area contributed by atoms with Crippen LogP contribution in [0.4, 0.5) is 0 Å². The minimum atomic E-state index is -0.353. The van der Waals surface area contributed by atoms with Gasteiger partial charge in [-0.05, 0) is 18.5 Å². The lowest BCUT2D eigenvalue weighted by Gasteiger charge is -2.07. The number of hydrogen-bond acceptors (Lipinski definition) is 7. The topological polar surface area (TPSA) is 120 Å². The largest absolute Gasteiger partial charge is 0.463 e. The van der Waals surface area contributed by atoms with E-state index in [-0.39, 0.29) is 12.2 Å². The highest BCUT2D eigenvalue weighted by molar-refractivity contribution is 5.61. The Hall–Kier alpha value is -2.32. The normalized spacial score (nSPS) is 10.9. The van der Waals surface area contributed by atoms with Crippen LogP contribution >= 0.6 is 0 Å². The van der Waals surface area contributed by atoms with E-state index in [4.69, 9.17) is 28.6 Å². The lowest BCUT2D eigenvalue weighted by Crippen LogP contribution is -2.10. The van der Waals surface area contributed by atoms with Crippen molar-refractivity contribution in [3.05, 3.63) is 44.5 Å². The molecule has 0 atom stereocenters. The lowest BCUT2D eigenvalue weighted by atomic mass is 10.1. The molecular weight excluding hydrogens is 318 g/mol. The molecule has 2 rings (SSSR count). The van der Waals surface area contributed by atoms with E-state index in [1.807, 2.05) is 0 Å². The molecule has 0 bridgehead atoms. The Bertz CT molecular complexity index is 704. The molecule has 0 fully saturated rings. The maximum absolute atomic E-state index is 11.4. The van der Waals surface area contributed by atoms with E-state index in [0.29, 0.717) is 56.7 Å². The standard InChI is InChI=1S/C15H19N3O6/c1-11-13-8-12(23-10-14(13)24-15(11)19)9-22-7-6-21-5-4-20-3-2-17-18-16/h8,10H,2-7,9H2,1H3. The van der Waals surface area contributed by atoms with E-state index >= 15 is 0 Å². The van der Waals surface area contributed by atoms with Crippen LogP contribution in [0.1, 0.15) is 11.3 Å². The first kappa shape index (κ1) is 18.0. The third-order valence-electron chi connectivity index (χ3n) is 3.19. The number of ether oxygens (including phenoxy) is 3. The van der Waals surface area contributed by atoms with Gasteiger partial charge >= 0.3 is 5.63 Å². The molecule has 24 heavy (non-hydrogen) atoms. The molecule has 0 aliphatic carbocycles. The Morgan fingerprint density at radius 2 is 1.88 bits per heavy atom. The summed E-state index contributed by atoms with van der Waals surface area (Å²) in [5, 5.41) is 3.35. The van der Waals surface area contributed by atoms with Crippen molar-refractivity contribution >= 4 is 0 Å². The Morgan fingerprint density at radius 1 is 1.17 bits per heavy atom. The number of hydrogen-bond donors (Lipinski definition) is 0. The van der Waals surface area contributed by atoms with Crippen LogP contribution < -0.4 is 5.63 Å². The van der Waals surface area contributed by atoms with Gasteiger partial charge in [0.1, 0.15) is 18.6 Å². The van der Waals surface area contributed by atoms with Crippen molar-refractivity contribution in [1.82, 2.24) is 0 Å². The quantitative estimate of drug-likeness (QED) is 0.269. The van der Waals surface area contributed by atoms with Crippen LogP contribution in [0.15, 0.2) is 31.1 Å². The monoisotopic (exact) mass is 337 g/mol. The molecule has 0 amide bonds. The molecule has 2 aliphatic heterocycles. The summed E-state index contributed by atoms with van der Waals surface area (Å²) in [5.41, 5.74) is 9.02. The van der Waals surface area contributed by atoms with Gasteiger partial charge in [-0.2, -0.15) is 0 Å². The molecular formula is C15H19N3O6. The summed E-state index contributed by atoms with van der Waals surface area (Å²) < 4.78 is 26.3. The molecule has 0 radical (unpaired) electrons. The summed E-state index contributed by atoms with van der Waals surface area (Å²) in [4.78, 5) is 14.0. The van der Waals surface area contributed by atoms with Gasteiger partial charge in [0, 0.05) is 22.6 Å². The molecule has 0 unspecified atom stereocenters. The van der Waals surface area contributed by atoms with Gasteiger partial charge in [0.15, 0.2) is 5.76 Å². The van der Waals surface area contributed by atoms with Crippen LogP contribution in [0.2, 0.25) is 0 Å². The predicted octanol–water partition coefficient (Wildman–Crippen LogP) is 2.51. The van der Waals surface area contributed by atoms with Gasteiger partial charge in [0.25, 0.3) is 0 Å². The van der Waals surface area contributed by atoms with Gasteiger partial charge in [-0.3, -0.25) is 0 Å². The van der Waals surface area contributed by atoms with Crippen molar-refractivity contribution in [1.29, 1.82) is 0 Å². The highest BCUT2D eigenvalue weighted by atomic mass is 16.5. The summed E-state index contributed by atoms with van der Waals surface area (Å²) in [6.45, 7) is 4.40. The molecule has 0 aromatic carbocycles. The van der Waals surface area contributed by atoms with Gasteiger partial charge in [0.05, 0.1) is 33.0 Å². The maximum atomic E-state index is 11.4. The molecule has 0 N–H and O–H groups in total. The summed E-state index contributed by atoms with van der Waals surface area (Å²) in [7, 11) is 0. The van der Waals surface area contributed by atoms with Crippen molar-refractivity contribution in [2.75, 3.05) is 39.6 Å². The number of rotatable bonds is 11. The van der Waals surface area contributed by atoms with Crippen LogP contribution in [-0.4, -0.2) is 39.6 Å². The van der Waals surface area contributed by atoms with E-state index in [2.05, 4.69) is 10.0 Å². The number of nitrogens with zero attached hydrogens (tertiary/aromatic N) is 3. The first-order valence-corrected chi connectivity index (χ1v) is 7.47. The van der Waals surface area contributed by atoms with Crippen molar-refractivity contribution in [2.24, 2.45) is 5.11 Å². The molecule has 0 saturated carbocycles. The first-order valence-electron chi connectivity index (χ1n) is 7.47. The average molecular weight is 337 g/mol. The van der Waals surface area contributed by atoms with Crippen molar-refractivity contribution in [2.45, 2.75) is 13.5 Å². The van der Waals surface area contributed by atoms with Gasteiger partial charge in [-0.25, -0.2) is 4.79 Å². The fourth-order valence-electron chi connectivity index (χ4n) is 1.96. The number of furan rings is 1. The van der Waals surface area contributed by atoms with E-state index < -0.39 is 0 Å². The Morgan fingerprint density at radius 3 is 2.62 bits per heavy atom. The molecule has 0 aromatic heterocycles. The summed E-state index contributed by atoms with van der Waals surface area (Å²) >= 11 is 0. The van der Waals surface area contributed by atoms with E-state index in [1.165, 1.54) is 6.26 Å². The molecule has 130 valence electrons. The minimum absolute atomic E-state index is 0.279. The molecule has 0 spiro atoms. The zero-order chi connectivity index (χ0) is 17.2. The number of azide groups is 1. The van der Waals surface area contributed by atoms with Crippen molar-refractivity contribution in [3.8, 4) is 11.3 Å². The molecule has 0 aromatic rings. The fraction of sp³-hybridized carbons (Fsp3) is 0.533. The molecule has 9 nitrogen and oxygen atoms in total. The predicted molar refractivity (Wildman–Crippen MR) is 83.9 cm³/mol. The molecule has 0 saturated heterocycles. The second-order valence-corrected chi connectivity index (χ2v) is 4.87. The Balaban J connectivity index is 1.58. The second kappa shape index (κ2) is 9.74. The van der Waals surface area contributed by atoms with Crippen LogP contribution in [0.3, 0.4) is 0 Å². The highest BCUT2D eigenvalue weighted by Gasteiger charge is 2.15. The minimum Gasteiger partial charge on any atom is -0.463 e. The van der Waals surface area contributed by atoms with Crippen LogP contribution in [-0.2, 0) is 20.8 Å². The lowest BCUT2D eigenvalue weighted by molar-refractivity contribution is 0.00861. The second-order valence-electron chi connectivity index (χ2n) is 4.87. The van der Waals surface area contributed by atoms with Crippen molar-refractivity contribution < 1.29 is 23.0 Å². The van der Waals surface area contributed by atoms with E-state index in [9.17, 15) is 4.79 Å². The van der Waals surface area contributed by atoms with Gasteiger partial charge in [-0.15, -0.1) is 0 Å². The Labute approximate surface area is 138 Å². The highest BCUT2D eigenvalue weighted by Crippen LogP contribution is 2.25. The number of fused-ring (bicyclic) bond motifs is 1. The smallest absolute Gasteiger partial charge is 0.339 e. The first-order chi connectivity index (χ1) is 11.7.